The third-order valence-electron chi connectivity index (χ3n) is 2.94. The molecule has 0 spiro atoms. The molecule has 2 N–H and O–H groups in total. The Kier molecular flexibility index (Phi) is 5.99. The highest BCUT2D eigenvalue weighted by molar-refractivity contribution is 5.70. The lowest BCUT2D eigenvalue weighted by Crippen LogP contribution is -2.16. The van der Waals surface area contributed by atoms with Crippen molar-refractivity contribution < 1.29 is 24.2 Å². The van der Waals surface area contributed by atoms with Crippen molar-refractivity contribution in [1.82, 2.24) is 0 Å². The van der Waals surface area contributed by atoms with Crippen LogP contribution in [0, 0.1) is 11.7 Å². The first kappa shape index (κ1) is 15.1. The number of carboxylic acid groups (broad SMARTS) is 2. The summed E-state index contributed by atoms with van der Waals surface area (Å²) in [4.78, 5) is 21.5. The van der Waals surface area contributed by atoms with E-state index in [1.807, 2.05) is 0 Å². The zero-order valence-corrected chi connectivity index (χ0v) is 10.5. The Balaban J connectivity index is 2.46. The molecule has 0 aliphatic heterocycles. The molecule has 1 atom stereocenters. The predicted molar refractivity (Wildman–Crippen MR) is 67.3 cm³/mol. The molecule has 0 saturated carbocycles. The minimum atomic E-state index is -0.903. The summed E-state index contributed by atoms with van der Waals surface area (Å²) in [5.41, 5.74) is 0.770. The minimum absolute atomic E-state index is 0.0584. The van der Waals surface area contributed by atoms with Crippen molar-refractivity contribution in [3.63, 3.8) is 0 Å². The van der Waals surface area contributed by atoms with Gasteiger partial charge in [0.1, 0.15) is 5.82 Å². The summed E-state index contributed by atoms with van der Waals surface area (Å²) in [6, 6.07) is 5.75. The lowest BCUT2D eigenvalue weighted by molar-refractivity contribution is -0.142. The minimum Gasteiger partial charge on any atom is -0.481 e. The molecule has 104 valence electrons. The van der Waals surface area contributed by atoms with Crippen LogP contribution in [-0.2, 0) is 16.0 Å². The molecule has 5 heteroatoms. The second kappa shape index (κ2) is 7.51. The Morgan fingerprint density at radius 2 is 1.74 bits per heavy atom. The second-order valence-electron chi connectivity index (χ2n) is 4.51. The molecule has 0 aliphatic carbocycles. The summed E-state index contributed by atoms with van der Waals surface area (Å²) < 4.78 is 12.7. The Morgan fingerprint density at radius 1 is 1.11 bits per heavy atom. The maximum atomic E-state index is 12.7. The van der Waals surface area contributed by atoms with E-state index < -0.39 is 17.9 Å². The Morgan fingerprint density at radius 3 is 2.26 bits per heavy atom. The van der Waals surface area contributed by atoms with Crippen LogP contribution >= 0.6 is 0 Å². The van der Waals surface area contributed by atoms with Crippen LogP contribution in [0.3, 0.4) is 0 Å². The summed E-state index contributed by atoms with van der Waals surface area (Å²) in [6.45, 7) is 0. The zero-order chi connectivity index (χ0) is 14.3. The molecule has 0 radical (unpaired) electrons. The van der Waals surface area contributed by atoms with Crippen molar-refractivity contribution >= 4 is 11.9 Å². The van der Waals surface area contributed by atoms with Gasteiger partial charge in [-0.2, -0.15) is 0 Å². The number of unbranched alkanes of at least 4 members (excludes halogenated alkanes) is 1. The van der Waals surface area contributed by atoms with Crippen LogP contribution in [0.4, 0.5) is 4.39 Å². The third-order valence-corrected chi connectivity index (χ3v) is 2.94. The second-order valence-corrected chi connectivity index (χ2v) is 4.51. The molecular formula is C14H17FO4. The van der Waals surface area contributed by atoms with Gasteiger partial charge in [-0.05, 0) is 37.0 Å². The molecular weight excluding hydrogens is 251 g/mol. The Bertz CT molecular complexity index is 428. The van der Waals surface area contributed by atoms with Gasteiger partial charge >= 0.3 is 11.9 Å². The highest BCUT2D eigenvalue weighted by atomic mass is 19.1. The summed E-state index contributed by atoms with van der Waals surface area (Å²) in [6.07, 6.45) is 1.86. The van der Waals surface area contributed by atoms with Gasteiger partial charge in [0, 0.05) is 6.42 Å². The standard InChI is InChI=1S/C14H17FO4/c15-12-7-5-10(6-8-12)9-11(14(18)19)3-1-2-4-13(16)17/h5-8,11H,1-4,9H2,(H,16,17)(H,18,19). The van der Waals surface area contributed by atoms with E-state index in [1.54, 1.807) is 12.1 Å². The van der Waals surface area contributed by atoms with E-state index in [0.717, 1.165) is 5.56 Å². The van der Waals surface area contributed by atoms with Gasteiger partial charge in [0.2, 0.25) is 0 Å². The first-order chi connectivity index (χ1) is 8.99. The van der Waals surface area contributed by atoms with Crippen LogP contribution in [0.2, 0.25) is 0 Å². The molecule has 1 rings (SSSR count). The van der Waals surface area contributed by atoms with Crippen molar-refractivity contribution in [3.8, 4) is 0 Å². The maximum absolute atomic E-state index is 12.7. The molecule has 1 aromatic rings. The van der Waals surface area contributed by atoms with E-state index in [-0.39, 0.29) is 12.2 Å². The molecule has 1 aromatic carbocycles. The third kappa shape index (κ3) is 5.99. The molecule has 0 heterocycles. The number of carbonyl (C=O) groups is 2. The monoisotopic (exact) mass is 268 g/mol. The smallest absolute Gasteiger partial charge is 0.306 e. The average Bonchev–Trinajstić information content (AvgIpc) is 2.35. The van der Waals surface area contributed by atoms with E-state index >= 15 is 0 Å². The normalized spacial score (nSPS) is 12.1. The maximum Gasteiger partial charge on any atom is 0.306 e. The predicted octanol–water partition coefficient (Wildman–Crippen LogP) is 2.71. The lowest BCUT2D eigenvalue weighted by atomic mass is 9.94. The number of hydrogen-bond donors (Lipinski definition) is 2. The van der Waals surface area contributed by atoms with Crippen LogP contribution in [-0.4, -0.2) is 22.2 Å². The van der Waals surface area contributed by atoms with Crippen LogP contribution in [0.15, 0.2) is 24.3 Å². The summed E-state index contributed by atoms with van der Waals surface area (Å²) >= 11 is 0. The molecule has 0 fully saturated rings. The van der Waals surface area contributed by atoms with Gasteiger partial charge in [-0.3, -0.25) is 9.59 Å². The Hall–Kier alpha value is -1.91. The number of halogens is 1. The molecule has 0 amide bonds. The van der Waals surface area contributed by atoms with Crippen LogP contribution < -0.4 is 0 Å². The highest BCUT2D eigenvalue weighted by Gasteiger charge is 2.17. The summed E-state index contributed by atoms with van der Waals surface area (Å²) in [7, 11) is 0. The molecule has 4 nitrogen and oxygen atoms in total. The highest BCUT2D eigenvalue weighted by Crippen LogP contribution is 2.17. The molecule has 0 aromatic heterocycles. The number of carboxylic acids is 2. The van der Waals surface area contributed by atoms with Gasteiger partial charge in [0.15, 0.2) is 0 Å². The van der Waals surface area contributed by atoms with Gasteiger partial charge in [-0.15, -0.1) is 0 Å². The molecule has 0 saturated heterocycles. The van der Waals surface area contributed by atoms with Crippen LogP contribution in [0.1, 0.15) is 31.2 Å². The van der Waals surface area contributed by atoms with Gasteiger partial charge in [0.05, 0.1) is 5.92 Å². The topological polar surface area (TPSA) is 74.6 Å². The van der Waals surface area contributed by atoms with Gasteiger partial charge in [-0.1, -0.05) is 18.6 Å². The molecule has 1 unspecified atom stereocenters. The zero-order valence-electron chi connectivity index (χ0n) is 10.5. The first-order valence-corrected chi connectivity index (χ1v) is 6.18. The van der Waals surface area contributed by atoms with Crippen molar-refractivity contribution in [3.05, 3.63) is 35.6 Å². The van der Waals surface area contributed by atoms with Gasteiger partial charge in [0.25, 0.3) is 0 Å². The van der Waals surface area contributed by atoms with Gasteiger partial charge < -0.3 is 10.2 Å². The first-order valence-electron chi connectivity index (χ1n) is 6.18. The van der Waals surface area contributed by atoms with Crippen LogP contribution in [0.25, 0.3) is 0 Å². The van der Waals surface area contributed by atoms with E-state index in [4.69, 9.17) is 10.2 Å². The van der Waals surface area contributed by atoms with Crippen molar-refractivity contribution in [2.24, 2.45) is 5.92 Å². The lowest BCUT2D eigenvalue weighted by Gasteiger charge is -2.12. The van der Waals surface area contributed by atoms with Crippen molar-refractivity contribution in [2.45, 2.75) is 32.1 Å². The fourth-order valence-corrected chi connectivity index (χ4v) is 1.88. The fraction of sp³-hybridized carbons (Fsp3) is 0.429. The van der Waals surface area contributed by atoms with E-state index in [1.165, 1.54) is 12.1 Å². The van der Waals surface area contributed by atoms with Crippen molar-refractivity contribution in [1.29, 1.82) is 0 Å². The van der Waals surface area contributed by atoms with Crippen LogP contribution in [0.5, 0.6) is 0 Å². The summed E-state index contributed by atoms with van der Waals surface area (Å²) in [5.74, 6) is -2.68. The number of benzene rings is 1. The molecule has 19 heavy (non-hydrogen) atoms. The van der Waals surface area contributed by atoms with E-state index in [9.17, 15) is 14.0 Å². The van der Waals surface area contributed by atoms with E-state index in [0.29, 0.717) is 25.7 Å². The van der Waals surface area contributed by atoms with Crippen molar-refractivity contribution in [2.75, 3.05) is 0 Å². The fourth-order valence-electron chi connectivity index (χ4n) is 1.88. The average molecular weight is 268 g/mol. The molecule has 0 bridgehead atoms. The van der Waals surface area contributed by atoms with Gasteiger partial charge in [-0.25, -0.2) is 4.39 Å². The summed E-state index contributed by atoms with van der Waals surface area (Å²) in [5, 5.41) is 17.6. The largest absolute Gasteiger partial charge is 0.481 e. The number of rotatable bonds is 8. The van der Waals surface area contributed by atoms with E-state index in [2.05, 4.69) is 0 Å². The molecule has 0 aliphatic rings. The number of aliphatic carboxylic acids is 2. The SMILES string of the molecule is O=C(O)CCCCC(Cc1ccc(F)cc1)C(=O)O. The quantitative estimate of drug-likeness (QED) is 0.711. The number of hydrogen-bond acceptors (Lipinski definition) is 2. The Labute approximate surface area is 110 Å².